The van der Waals surface area contributed by atoms with Crippen LogP contribution in [0.5, 0.6) is 0 Å². The molecule has 0 spiro atoms. The molecule has 1 aromatic heterocycles. The largest absolute Gasteiger partial charge is 0.448 e. The molecule has 0 aliphatic carbocycles. The summed E-state index contributed by atoms with van der Waals surface area (Å²) in [5, 5.41) is 3.19. The zero-order valence-corrected chi connectivity index (χ0v) is 12.5. The zero-order valence-electron chi connectivity index (χ0n) is 11.8. The van der Waals surface area contributed by atoms with Crippen LogP contribution >= 0.6 is 11.6 Å². The third-order valence-electron chi connectivity index (χ3n) is 2.33. The van der Waals surface area contributed by atoms with Crippen molar-refractivity contribution in [3.05, 3.63) is 23.0 Å². The number of esters is 1. The number of ether oxygens (including phenoxy) is 1. The van der Waals surface area contributed by atoms with Gasteiger partial charge in [0.15, 0.2) is 6.10 Å². The van der Waals surface area contributed by atoms with Crippen LogP contribution in [-0.4, -0.2) is 28.1 Å². The molecule has 0 aliphatic rings. The van der Waals surface area contributed by atoms with Crippen LogP contribution in [0, 0.1) is 0 Å². The van der Waals surface area contributed by atoms with Crippen molar-refractivity contribution in [3.8, 4) is 0 Å². The fraction of sp³-hybridized carbons (Fsp3) is 0.538. The molecule has 6 heteroatoms. The van der Waals surface area contributed by atoms with Crippen molar-refractivity contribution in [1.29, 1.82) is 0 Å². The summed E-state index contributed by atoms with van der Waals surface area (Å²) in [6.45, 7) is 7.10. The second-order valence-corrected chi connectivity index (χ2v) is 5.88. The molecule has 0 aromatic carbocycles. The highest BCUT2D eigenvalue weighted by atomic mass is 35.5. The first-order valence-corrected chi connectivity index (χ1v) is 6.33. The lowest BCUT2D eigenvalue weighted by Crippen LogP contribution is -2.46. The highest BCUT2D eigenvalue weighted by Gasteiger charge is 2.24. The zero-order chi connectivity index (χ0) is 14.8. The highest BCUT2D eigenvalue weighted by molar-refractivity contribution is 6.30. The molecule has 1 amide bonds. The van der Waals surface area contributed by atoms with Crippen LogP contribution in [0.15, 0.2) is 12.3 Å². The van der Waals surface area contributed by atoms with Crippen LogP contribution in [0.25, 0.3) is 0 Å². The monoisotopic (exact) mass is 286 g/mol. The van der Waals surface area contributed by atoms with E-state index < -0.39 is 12.1 Å². The van der Waals surface area contributed by atoms with Gasteiger partial charge in [-0.25, -0.2) is 4.79 Å². The first kappa shape index (κ1) is 15.6. The number of rotatable bonds is 3. The third-order valence-corrected chi connectivity index (χ3v) is 2.54. The van der Waals surface area contributed by atoms with Gasteiger partial charge in [0.2, 0.25) is 0 Å². The van der Waals surface area contributed by atoms with E-state index >= 15 is 0 Å². The van der Waals surface area contributed by atoms with E-state index in [0.29, 0.717) is 10.7 Å². The normalized spacial score (nSPS) is 12.9. The molecular weight excluding hydrogens is 268 g/mol. The number of carbonyl (C=O) groups is 2. The number of carbonyl (C=O) groups excluding carboxylic acids is 2. The van der Waals surface area contributed by atoms with E-state index in [4.69, 9.17) is 16.3 Å². The van der Waals surface area contributed by atoms with E-state index in [1.807, 2.05) is 20.8 Å². The lowest BCUT2D eigenvalue weighted by molar-refractivity contribution is -0.130. The molecule has 1 N–H and O–H groups in total. The van der Waals surface area contributed by atoms with E-state index in [1.165, 1.54) is 13.0 Å². The lowest BCUT2D eigenvalue weighted by Gasteiger charge is -2.23. The van der Waals surface area contributed by atoms with Crippen molar-refractivity contribution in [2.45, 2.75) is 39.3 Å². The number of aryl methyl sites for hydroxylation is 1. The van der Waals surface area contributed by atoms with Crippen LogP contribution in [-0.2, 0) is 16.6 Å². The molecule has 0 bridgehead atoms. The third kappa shape index (κ3) is 4.59. The average molecular weight is 287 g/mol. The van der Waals surface area contributed by atoms with Crippen molar-refractivity contribution >= 4 is 23.5 Å². The van der Waals surface area contributed by atoms with Gasteiger partial charge < -0.3 is 14.6 Å². The quantitative estimate of drug-likeness (QED) is 0.866. The maximum absolute atomic E-state index is 11.9. The molecule has 1 atom stereocenters. The first-order chi connectivity index (χ1) is 8.60. The van der Waals surface area contributed by atoms with E-state index in [9.17, 15) is 9.59 Å². The van der Waals surface area contributed by atoms with Gasteiger partial charge in [0.05, 0.1) is 5.02 Å². The number of aromatic nitrogens is 1. The second-order valence-electron chi connectivity index (χ2n) is 5.44. The van der Waals surface area contributed by atoms with Gasteiger partial charge in [-0.2, -0.15) is 0 Å². The molecule has 19 heavy (non-hydrogen) atoms. The summed E-state index contributed by atoms with van der Waals surface area (Å²) in [7, 11) is 1.68. The van der Waals surface area contributed by atoms with Crippen LogP contribution < -0.4 is 5.32 Å². The number of hydrogen-bond donors (Lipinski definition) is 1. The molecule has 1 rings (SSSR count). The summed E-state index contributed by atoms with van der Waals surface area (Å²) in [5.41, 5.74) is -0.0631. The number of halogens is 1. The van der Waals surface area contributed by atoms with Crippen molar-refractivity contribution in [1.82, 2.24) is 9.88 Å². The topological polar surface area (TPSA) is 60.3 Å². The molecule has 5 nitrogen and oxygen atoms in total. The average Bonchev–Trinajstić information content (AvgIpc) is 2.55. The fourth-order valence-corrected chi connectivity index (χ4v) is 1.72. The summed E-state index contributed by atoms with van der Waals surface area (Å²) < 4.78 is 6.66. The smallest absolute Gasteiger partial charge is 0.355 e. The van der Waals surface area contributed by atoms with Gasteiger partial charge in [0.1, 0.15) is 5.69 Å². The predicted octanol–water partition coefficient (Wildman–Crippen LogP) is 2.14. The summed E-state index contributed by atoms with van der Waals surface area (Å²) >= 11 is 5.79. The van der Waals surface area contributed by atoms with Crippen molar-refractivity contribution in [2.24, 2.45) is 7.05 Å². The Labute approximate surface area is 117 Å². The van der Waals surface area contributed by atoms with Gasteiger partial charge in [-0.1, -0.05) is 11.6 Å². The molecule has 1 aromatic rings. The second kappa shape index (κ2) is 5.65. The molecule has 0 radical (unpaired) electrons. The van der Waals surface area contributed by atoms with E-state index in [1.54, 1.807) is 17.8 Å². The maximum atomic E-state index is 11.9. The Balaban J connectivity index is 2.67. The Kier molecular flexibility index (Phi) is 4.63. The minimum Gasteiger partial charge on any atom is -0.448 e. The van der Waals surface area contributed by atoms with Gasteiger partial charge in [-0.3, -0.25) is 4.79 Å². The summed E-state index contributed by atoms with van der Waals surface area (Å²) in [6.07, 6.45) is 0.735. The van der Waals surface area contributed by atoms with Gasteiger partial charge >= 0.3 is 5.97 Å². The summed E-state index contributed by atoms with van der Waals surface area (Å²) in [4.78, 5) is 23.7. The van der Waals surface area contributed by atoms with Gasteiger partial charge in [0, 0.05) is 18.8 Å². The number of hydrogen-bond acceptors (Lipinski definition) is 3. The fourth-order valence-electron chi connectivity index (χ4n) is 1.47. The molecule has 0 saturated carbocycles. The predicted molar refractivity (Wildman–Crippen MR) is 73.2 cm³/mol. The Morgan fingerprint density at radius 2 is 2.00 bits per heavy atom. The summed E-state index contributed by atoms with van der Waals surface area (Å²) in [5.74, 6) is -0.910. The van der Waals surface area contributed by atoms with Crippen LogP contribution in [0.1, 0.15) is 38.2 Å². The molecule has 0 unspecified atom stereocenters. The Morgan fingerprint density at radius 3 is 2.42 bits per heavy atom. The minimum atomic E-state index is -0.861. The Bertz CT molecular complexity index is 489. The van der Waals surface area contributed by atoms with Crippen molar-refractivity contribution < 1.29 is 14.3 Å². The van der Waals surface area contributed by atoms with Crippen molar-refractivity contribution in [2.75, 3.05) is 0 Å². The maximum Gasteiger partial charge on any atom is 0.355 e. The number of nitrogens with one attached hydrogen (secondary N) is 1. The molecule has 0 saturated heterocycles. The number of amides is 1. The van der Waals surface area contributed by atoms with E-state index in [2.05, 4.69) is 5.32 Å². The van der Waals surface area contributed by atoms with Crippen LogP contribution in [0.3, 0.4) is 0 Å². The van der Waals surface area contributed by atoms with Crippen LogP contribution in [0.2, 0.25) is 5.02 Å². The molecular formula is C13H19ClN2O3. The molecule has 0 aliphatic heterocycles. The first-order valence-electron chi connectivity index (χ1n) is 5.95. The minimum absolute atomic E-state index is 0.306. The molecule has 1 heterocycles. The Hall–Kier alpha value is -1.49. The Morgan fingerprint density at radius 1 is 1.42 bits per heavy atom. The molecule has 0 fully saturated rings. The van der Waals surface area contributed by atoms with Crippen molar-refractivity contribution in [3.63, 3.8) is 0 Å². The SMILES string of the molecule is C[C@@H](OC(=O)c1cc(Cl)cn1C)C(=O)NC(C)(C)C. The lowest BCUT2D eigenvalue weighted by atomic mass is 10.1. The van der Waals surface area contributed by atoms with Gasteiger partial charge in [0.25, 0.3) is 5.91 Å². The standard InChI is InChI=1S/C13H19ClN2O3/c1-8(11(17)15-13(2,3)4)19-12(18)10-6-9(14)7-16(10)5/h6-8H,1-5H3,(H,15,17)/t8-/m1/s1. The molecule has 106 valence electrons. The summed E-state index contributed by atoms with van der Waals surface area (Å²) in [6, 6.07) is 1.50. The van der Waals surface area contributed by atoms with Gasteiger partial charge in [-0.15, -0.1) is 0 Å². The van der Waals surface area contributed by atoms with E-state index in [0.717, 1.165) is 0 Å². The van der Waals surface area contributed by atoms with Crippen LogP contribution in [0.4, 0.5) is 0 Å². The van der Waals surface area contributed by atoms with E-state index in [-0.39, 0.29) is 11.4 Å². The highest BCUT2D eigenvalue weighted by Crippen LogP contribution is 2.14. The number of nitrogens with zero attached hydrogens (tertiary/aromatic N) is 1. The van der Waals surface area contributed by atoms with Gasteiger partial charge in [-0.05, 0) is 33.8 Å².